The highest BCUT2D eigenvalue weighted by molar-refractivity contribution is 7.98. The number of hydrogen-bond donors (Lipinski definition) is 2. The van der Waals surface area contributed by atoms with E-state index in [0.717, 1.165) is 6.42 Å². The van der Waals surface area contributed by atoms with E-state index >= 15 is 0 Å². The van der Waals surface area contributed by atoms with Crippen LogP contribution < -0.4 is 4.90 Å². The predicted molar refractivity (Wildman–Crippen MR) is 184 cm³/mol. The van der Waals surface area contributed by atoms with Gasteiger partial charge in [-0.2, -0.15) is 11.8 Å². The van der Waals surface area contributed by atoms with E-state index in [-0.39, 0.29) is 48.8 Å². The normalized spacial score (nSPS) is 17.0. The fourth-order valence-corrected chi connectivity index (χ4v) is 4.34. The third-order valence-electron chi connectivity index (χ3n) is 8.11. The summed E-state index contributed by atoms with van der Waals surface area (Å²) in [6, 6.07) is 16.2. The number of esters is 2. The van der Waals surface area contributed by atoms with E-state index in [1.54, 1.807) is 63.7 Å². The highest BCUT2D eigenvalue weighted by Gasteiger charge is 2.42. The number of imide groups is 1. The molecule has 0 aromatic heterocycles. The second-order valence-corrected chi connectivity index (χ2v) is 13.1. The van der Waals surface area contributed by atoms with E-state index < -0.39 is 17.5 Å². The van der Waals surface area contributed by atoms with E-state index in [4.69, 9.17) is 14.6 Å². The molecule has 1 fully saturated rings. The summed E-state index contributed by atoms with van der Waals surface area (Å²) in [7, 11) is 0. The zero-order chi connectivity index (χ0) is 35.7. The predicted octanol–water partition coefficient (Wildman–Crippen LogP) is 6.35. The highest BCUT2D eigenvalue weighted by atomic mass is 32.2. The summed E-state index contributed by atoms with van der Waals surface area (Å²) >= 11 is 1.55. The molecular weight excluding hydrogens is 622 g/mol. The van der Waals surface area contributed by atoms with E-state index in [1.807, 2.05) is 43.5 Å². The number of aliphatic hydroxyl groups excluding tert-OH is 1. The minimum absolute atomic E-state index is 0.0984. The number of carboxylic acid groups (broad SMARTS) is 1. The molecule has 0 saturated carbocycles. The number of aromatic carboxylic acids is 1. The Kier molecular flexibility index (Phi) is 18.0. The van der Waals surface area contributed by atoms with E-state index in [1.165, 1.54) is 10.5 Å². The minimum atomic E-state index is -0.977. The Morgan fingerprint density at radius 2 is 1.45 bits per heavy atom. The second-order valence-electron chi connectivity index (χ2n) is 12.1. The number of benzene rings is 2. The first-order valence-corrected chi connectivity index (χ1v) is 17.3. The van der Waals surface area contributed by atoms with Gasteiger partial charge in [-0.15, -0.1) is 0 Å². The fourth-order valence-electron chi connectivity index (χ4n) is 3.97. The lowest BCUT2D eigenvalue weighted by molar-refractivity contribution is -0.159. The van der Waals surface area contributed by atoms with Gasteiger partial charge in [-0.3, -0.25) is 24.1 Å². The molecule has 2 aromatic rings. The quantitative estimate of drug-likeness (QED) is 0.182. The van der Waals surface area contributed by atoms with Crippen molar-refractivity contribution in [3.05, 3.63) is 65.7 Å². The molecule has 47 heavy (non-hydrogen) atoms. The van der Waals surface area contributed by atoms with E-state index in [2.05, 4.69) is 13.8 Å². The first-order chi connectivity index (χ1) is 22.1. The van der Waals surface area contributed by atoms with Gasteiger partial charge in [0.15, 0.2) is 0 Å². The molecule has 4 atom stereocenters. The number of para-hydroxylation sites is 1. The first-order valence-electron chi connectivity index (χ1n) is 15.9. The van der Waals surface area contributed by atoms with Gasteiger partial charge in [0.25, 0.3) is 0 Å². The number of amides is 2. The number of carbonyl (C=O) groups excluding carboxylic acids is 4. The summed E-state index contributed by atoms with van der Waals surface area (Å²) in [5, 5.41) is 18.2. The molecular formula is C36H51NO9S. The monoisotopic (exact) mass is 673 g/mol. The van der Waals surface area contributed by atoms with Crippen LogP contribution in [0.25, 0.3) is 0 Å². The van der Waals surface area contributed by atoms with Crippen LogP contribution in [-0.4, -0.2) is 71.3 Å². The Labute approximate surface area is 283 Å². The standard InChI is InChI=1S/C13H24O5S.C12H13NO2.C11H14O2/c1-5-13(2,3)12(16)18-9-10(14)8-17-11(15)6-7-19-4;1-8-9(2)12(15)13(11(8)14)10-6-4-3-5-7-10;1-3-8(2)9-4-6-10(7-5-9)11(12)13/h10,14H,5-9H2,1-4H3;3-9H,1-2H3;4-8H,3H2,1-2H3,(H,12,13). The van der Waals surface area contributed by atoms with Crippen molar-refractivity contribution in [3.63, 3.8) is 0 Å². The summed E-state index contributed by atoms with van der Waals surface area (Å²) in [5.74, 6) is -1.00. The van der Waals surface area contributed by atoms with Gasteiger partial charge in [-0.05, 0) is 68.7 Å². The minimum Gasteiger partial charge on any atom is -0.478 e. The van der Waals surface area contributed by atoms with Gasteiger partial charge in [0, 0.05) is 17.6 Å². The van der Waals surface area contributed by atoms with Crippen LogP contribution in [0.5, 0.6) is 0 Å². The van der Waals surface area contributed by atoms with Crippen molar-refractivity contribution >= 4 is 47.2 Å². The van der Waals surface area contributed by atoms with Crippen LogP contribution in [0.1, 0.15) is 89.6 Å². The van der Waals surface area contributed by atoms with Gasteiger partial charge in [0.1, 0.15) is 19.3 Å². The van der Waals surface area contributed by atoms with Crippen LogP contribution in [0.2, 0.25) is 0 Å². The number of anilines is 1. The molecule has 0 bridgehead atoms. The molecule has 4 unspecified atom stereocenters. The van der Waals surface area contributed by atoms with Crippen LogP contribution in [-0.2, 0) is 28.7 Å². The number of nitrogens with zero attached hydrogens (tertiary/aromatic N) is 1. The lowest BCUT2D eigenvalue weighted by Gasteiger charge is -2.21. The Hall–Kier alpha value is -3.70. The molecule has 1 heterocycles. The molecule has 2 amide bonds. The third-order valence-corrected chi connectivity index (χ3v) is 8.73. The number of thioether (sulfide) groups is 1. The maximum absolute atomic E-state index is 11.8. The molecule has 10 nitrogen and oxygen atoms in total. The van der Waals surface area contributed by atoms with Gasteiger partial charge in [0.05, 0.1) is 23.1 Å². The number of ether oxygens (including phenoxy) is 2. The average molecular weight is 674 g/mol. The van der Waals surface area contributed by atoms with Gasteiger partial charge in [-0.1, -0.05) is 65.0 Å². The molecule has 11 heteroatoms. The Bertz CT molecular complexity index is 1280. The van der Waals surface area contributed by atoms with Gasteiger partial charge < -0.3 is 19.7 Å². The summed E-state index contributed by atoms with van der Waals surface area (Å²) in [4.78, 5) is 58.3. The van der Waals surface area contributed by atoms with Gasteiger partial charge in [-0.25, -0.2) is 4.79 Å². The number of carboxylic acids is 1. The van der Waals surface area contributed by atoms with Crippen molar-refractivity contribution in [1.82, 2.24) is 0 Å². The Balaban J connectivity index is 0.000000358. The molecule has 1 saturated heterocycles. The summed E-state index contributed by atoms with van der Waals surface area (Å²) in [6.45, 7) is 13.0. The molecule has 0 spiro atoms. The molecule has 260 valence electrons. The van der Waals surface area contributed by atoms with Crippen molar-refractivity contribution in [3.8, 4) is 0 Å². The topological polar surface area (TPSA) is 148 Å². The van der Waals surface area contributed by atoms with Crippen LogP contribution >= 0.6 is 11.8 Å². The smallest absolute Gasteiger partial charge is 0.335 e. The van der Waals surface area contributed by atoms with E-state index in [0.29, 0.717) is 35.8 Å². The molecule has 1 aliphatic heterocycles. The number of carbonyl (C=O) groups is 5. The number of aliphatic hydroxyl groups is 1. The average Bonchev–Trinajstić information content (AvgIpc) is 3.27. The SMILES string of the molecule is CC1C(=O)N(c2ccccc2)C(=O)C1C.CCC(C)(C)C(=O)OCC(O)COC(=O)CCSC.CCC(C)c1ccc(C(=O)O)cc1. The highest BCUT2D eigenvalue weighted by Crippen LogP contribution is 2.30. The van der Waals surface area contributed by atoms with E-state index in [9.17, 15) is 29.1 Å². The maximum atomic E-state index is 11.8. The number of rotatable bonds is 13. The summed E-state index contributed by atoms with van der Waals surface area (Å²) < 4.78 is 9.85. The van der Waals surface area contributed by atoms with Crippen molar-refractivity contribution in [1.29, 1.82) is 0 Å². The Morgan fingerprint density at radius 1 is 0.915 bits per heavy atom. The summed E-state index contributed by atoms with van der Waals surface area (Å²) in [5.41, 5.74) is 1.66. The molecule has 0 radical (unpaired) electrons. The maximum Gasteiger partial charge on any atom is 0.335 e. The Morgan fingerprint density at radius 3 is 1.91 bits per heavy atom. The molecule has 0 aliphatic carbocycles. The largest absolute Gasteiger partial charge is 0.478 e. The third kappa shape index (κ3) is 13.5. The summed E-state index contributed by atoms with van der Waals surface area (Å²) in [6.07, 6.45) is 2.97. The molecule has 2 aromatic carbocycles. The first kappa shape index (κ1) is 41.3. The van der Waals surface area contributed by atoms with Crippen molar-refractivity contribution < 1.29 is 43.7 Å². The van der Waals surface area contributed by atoms with Gasteiger partial charge in [0.2, 0.25) is 11.8 Å². The lowest BCUT2D eigenvalue weighted by atomic mass is 9.91. The molecule has 2 N–H and O–H groups in total. The van der Waals surface area contributed by atoms with Crippen LogP contribution in [0.3, 0.4) is 0 Å². The molecule has 1 aliphatic rings. The molecule has 3 rings (SSSR count). The lowest BCUT2D eigenvalue weighted by Crippen LogP contribution is -2.31. The van der Waals surface area contributed by atoms with Crippen LogP contribution in [0.15, 0.2) is 54.6 Å². The van der Waals surface area contributed by atoms with Crippen LogP contribution in [0, 0.1) is 17.3 Å². The zero-order valence-electron chi connectivity index (χ0n) is 28.9. The fraction of sp³-hybridized carbons (Fsp3) is 0.528. The zero-order valence-corrected chi connectivity index (χ0v) is 29.7. The van der Waals surface area contributed by atoms with Crippen molar-refractivity contribution in [2.75, 3.05) is 30.1 Å². The second kappa shape index (κ2) is 20.5. The van der Waals surface area contributed by atoms with Gasteiger partial charge >= 0.3 is 17.9 Å². The van der Waals surface area contributed by atoms with Crippen molar-refractivity contribution in [2.45, 2.75) is 79.8 Å². The number of hydrogen-bond acceptors (Lipinski definition) is 9. The van der Waals surface area contributed by atoms with Crippen LogP contribution in [0.4, 0.5) is 5.69 Å². The van der Waals surface area contributed by atoms with Crippen molar-refractivity contribution in [2.24, 2.45) is 17.3 Å².